The number of pyridine rings is 1. The third-order valence-electron chi connectivity index (χ3n) is 4.39. The predicted octanol–water partition coefficient (Wildman–Crippen LogP) is 2.72. The van der Waals surface area contributed by atoms with Gasteiger partial charge in [0, 0.05) is 18.2 Å². The fraction of sp³-hybridized carbons (Fsp3) is 0.412. The fourth-order valence-corrected chi connectivity index (χ4v) is 3.10. The molecule has 0 unspecified atom stereocenters. The molecule has 6 N–H and O–H groups in total. The molecule has 1 aliphatic carbocycles. The van der Waals surface area contributed by atoms with Gasteiger partial charge in [-0.15, -0.1) is 10.2 Å². The lowest BCUT2D eigenvalue weighted by Crippen LogP contribution is -2.42. The number of amides is 1. The maximum absolute atomic E-state index is 11.2. The quantitative estimate of drug-likeness (QED) is 0.609. The Labute approximate surface area is 161 Å². The first kappa shape index (κ1) is 19.1. The minimum atomic E-state index is -0.984. The Morgan fingerprint density at radius 1 is 1.26 bits per heavy atom. The summed E-state index contributed by atoms with van der Waals surface area (Å²) in [6, 6.07) is 5.26. The summed E-state index contributed by atoms with van der Waals surface area (Å²) in [5.41, 5.74) is 12.3. The van der Waals surface area contributed by atoms with Crippen molar-refractivity contribution in [3.05, 3.63) is 28.9 Å². The van der Waals surface area contributed by atoms with Crippen molar-refractivity contribution in [2.45, 2.75) is 44.7 Å². The number of hydrogen-bond donors (Lipinski definition) is 4. The van der Waals surface area contributed by atoms with Gasteiger partial charge in [-0.1, -0.05) is 24.4 Å². The first-order valence-electron chi connectivity index (χ1n) is 8.69. The maximum atomic E-state index is 11.2. The molecule has 9 nitrogen and oxygen atoms in total. The van der Waals surface area contributed by atoms with Crippen LogP contribution in [0.5, 0.6) is 5.88 Å². The van der Waals surface area contributed by atoms with E-state index in [-0.39, 0.29) is 18.0 Å². The Morgan fingerprint density at radius 3 is 2.74 bits per heavy atom. The SMILES string of the molecule is Cc1nc(Nc2cc(N[C@@H]3CCCC[C@@H]3N)nnc2OC(N)=O)ccc1Cl. The summed E-state index contributed by atoms with van der Waals surface area (Å²) in [5.74, 6) is 0.984. The van der Waals surface area contributed by atoms with Crippen LogP contribution in [0.1, 0.15) is 31.4 Å². The molecule has 1 aliphatic rings. The molecular weight excluding hydrogens is 370 g/mol. The topological polar surface area (TPSA) is 141 Å². The first-order valence-corrected chi connectivity index (χ1v) is 9.07. The van der Waals surface area contributed by atoms with Crippen molar-refractivity contribution in [3.8, 4) is 5.88 Å². The highest BCUT2D eigenvalue weighted by atomic mass is 35.5. The molecule has 2 aromatic rings. The zero-order chi connectivity index (χ0) is 19.4. The summed E-state index contributed by atoms with van der Waals surface area (Å²) in [6.45, 7) is 1.79. The number of carbonyl (C=O) groups excluding carboxylic acids is 1. The van der Waals surface area contributed by atoms with Crippen molar-refractivity contribution in [1.82, 2.24) is 15.2 Å². The number of nitrogens with one attached hydrogen (secondary N) is 2. The van der Waals surface area contributed by atoms with Crippen molar-refractivity contribution < 1.29 is 9.53 Å². The highest BCUT2D eigenvalue weighted by Gasteiger charge is 2.22. The highest BCUT2D eigenvalue weighted by Crippen LogP contribution is 2.29. The van der Waals surface area contributed by atoms with E-state index >= 15 is 0 Å². The van der Waals surface area contributed by atoms with Gasteiger partial charge in [0.1, 0.15) is 11.5 Å². The van der Waals surface area contributed by atoms with E-state index in [0.29, 0.717) is 28.0 Å². The average Bonchev–Trinajstić information content (AvgIpc) is 2.62. The summed E-state index contributed by atoms with van der Waals surface area (Å²) >= 11 is 6.01. The van der Waals surface area contributed by atoms with Crippen molar-refractivity contribution in [3.63, 3.8) is 0 Å². The van der Waals surface area contributed by atoms with Crippen LogP contribution in [0.15, 0.2) is 18.2 Å². The van der Waals surface area contributed by atoms with Gasteiger partial charge < -0.3 is 26.8 Å². The maximum Gasteiger partial charge on any atom is 0.411 e. The molecule has 0 spiro atoms. The number of rotatable bonds is 5. The van der Waals surface area contributed by atoms with E-state index in [2.05, 4.69) is 25.8 Å². The van der Waals surface area contributed by atoms with Crippen LogP contribution in [0.3, 0.4) is 0 Å². The van der Waals surface area contributed by atoms with Gasteiger partial charge in [-0.05, 0) is 31.9 Å². The number of aromatic nitrogens is 3. The molecule has 0 aromatic carbocycles. The van der Waals surface area contributed by atoms with Crippen LogP contribution < -0.4 is 26.8 Å². The number of nitrogens with zero attached hydrogens (tertiary/aromatic N) is 3. The summed E-state index contributed by atoms with van der Waals surface area (Å²) in [7, 11) is 0. The molecule has 10 heteroatoms. The van der Waals surface area contributed by atoms with E-state index < -0.39 is 6.09 Å². The van der Waals surface area contributed by atoms with E-state index in [0.717, 1.165) is 25.7 Å². The van der Waals surface area contributed by atoms with Crippen LogP contribution in [0.2, 0.25) is 5.02 Å². The summed E-state index contributed by atoms with van der Waals surface area (Å²) in [4.78, 5) is 15.5. The van der Waals surface area contributed by atoms with Crippen LogP contribution in [-0.4, -0.2) is 33.4 Å². The Kier molecular flexibility index (Phi) is 5.92. The number of ether oxygens (including phenoxy) is 1. The monoisotopic (exact) mass is 391 g/mol. The minimum Gasteiger partial charge on any atom is -0.387 e. The van der Waals surface area contributed by atoms with Crippen LogP contribution in [-0.2, 0) is 0 Å². The smallest absolute Gasteiger partial charge is 0.387 e. The molecule has 144 valence electrons. The number of carbonyl (C=O) groups is 1. The van der Waals surface area contributed by atoms with Gasteiger partial charge in [-0.2, -0.15) is 0 Å². The van der Waals surface area contributed by atoms with Gasteiger partial charge in [0.2, 0.25) is 0 Å². The normalized spacial score (nSPS) is 19.4. The molecule has 2 aromatic heterocycles. The van der Waals surface area contributed by atoms with E-state index in [9.17, 15) is 4.79 Å². The minimum absolute atomic E-state index is 0.0459. The molecular formula is C17H22ClN7O2. The summed E-state index contributed by atoms with van der Waals surface area (Å²) in [6.07, 6.45) is 3.18. The lowest BCUT2D eigenvalue weighted by atomic mass is 9.91. The average molecular weight is 392 g/mol. The molecule has 1 amide bonds. The zero-order valence-corrected chi connectivity index (χ0v) is 15.7. The second-order valence-electron chi connectivity index (χ2n) is 6.46. The lowest BCUT2D eigenvalue weighted by Gasteiger charge is -2.29. The van der Waals surface area contributed by atoms with Crippen LogP contribution in [0, 0.1) is 6.92 Å². The van der Waals surface area contributed by atoms with Crippen LogP contribution in [0.25, 0.3) is 0 Å². The van der Waals surface area contributed by atoms with Crippen LogP contribution >= 0.6 is 11.6 Å². The van der Waals surface area contributed by atoms with E-state index in [4.69, 9.17) is 27.8 Å². The Morgan fingerprint density at radius 2 is 2.04 bits per heavy atom. The van der Waals surface area contributed by atoms with Crippen molar-refractivity contribution in [1.29, 1.82) is 0 Å². The second kappa shape index (κ2) is 8.36. The molecule has 2 heterocycles. The number of anilines is 3. The van der Waals surface area contributed by atoms with Gasteiger partial charge in [0.15, 0.2) is 5.82 Å². The molecule has 3 rings (SSSR count). The second-order valence-corrected chi connectivity index (χ2v) is 6.86. The van der Waals surface area contributed by atoms with Gasteiger partial charge in [-0.25, -0.2) is 9.78 Å². The molecule has 27 heavy (non-hydrogen) atoms. The predicted molar refractivity (Wildman–Crippen MR) is 103 cm³/mol. The Hall–Kier alpha value is -2.65. The molecule has 2 atom stereocenters. The van der Waals surface area contributed by atoms with E-state index in [1.807, 2.05) is 0 Å². The zero-order valence-electron chi connectivity index (χ0n) is 14.9. The van der Waals surface area contributed by atoms with Gasteiger partial charge >= 0.3 is 6.09 Å². The van der Waals surface area contributed by atoms with E-state index in [1.165, 1.54) is 0 Å². The molecule has 0 aliphatic heterocycles. The molecule has 1 saturated carbocycles. The van der Waals surface area contributed by atoms with Gasteiger partial charge in [0.05, 0.1) is 10.7 Å². The lowest BCUT2D eigenvalue weighted by molar-refractivity contribution is 0.209. The molecule has 0 bridgehead atoms. The van der Waals surface area contributed by atoms with Crippen LogP contribution in [0.4, 0.5) is 22.1 Å². The van der Waals surface area contributed by atoms with E-state index in [1.54, 1.807) is 25.1 Å². The number of halogens is 1. The third kappa shape index (κ3) is 4.95. The number of nitrogens with two attached hydrogens (primary N) is 2. The number of primary amides is 1. The summed E-state index contributed by atoms with van der Waals surface area (Å²) < 4.78 is 4.93. The highest BCUT2D eigenvalue weighted by molar-refractivity contribution is 6.31. The molecule has 1 fully saturated rings. The van der Waals surface area contributed by atoms with Crippen molar-refractivity contribution in [2.75, 3.05) is 10.6 Å². The standard InChI is InChI=1S/C17H22ClN7O2/c1-9-10(18)6-7-14(21-9)23-13-8-15(24-25-16(13)27-17(20)26)22-12-5-3-2-4-11(12)19/h6-8,11-12H,2-5,19H2,1H3,(H2,20,26)(H2,21,22,23,24)/t11-,12+/m0/s1. The Bertz CT molecular complexity index is 833. The number of aryl methyl sites for hydroxylation is 1. The van der Waals surface area contributed by atoms with Gasteiger partial charge in [0.25, 0.3) is 5.88 Å². The number of hydrogen-bond acceptors (Lipinski definition) is 8. The van der Waals surface area contributed by atoms with Crippen molar-refractivity contribution in [2.24, 2.45) is 11.5 Å². The van der Waals surface area contributed by atoms with Crippen molar-refractivity contribution >= 4 is 35.0 Å². The fourth-order valence-electron chi connectivity index (χ4n) is 2.99. The largest absolute Gasteiger partial charge is 0.411 e. The Balaban J connectivity index is 1.85. The molecule has 0 radical (unpaired) electrons. The molecule has 0 saturated heterocycles. The third-order valence-corrected chi connectivity index (χ3v) is 4.79. The van der Waals surface area contributed by atoms with Gasteiger partial charge in [-0.3, -0.25) is 0 Å². The summed E-state index contributed by atoms with van der Waals surface area (Å²) in [5, 5.41) is 14.9. The first-order chi connectivity index (χ1) is 12.9.